The number of hydrogen-bond donors (Lipinski definition) is 1. The number of tetrazole rings is 1. The molecular weight excluding hydrogens is 262 g/mol. The number of nitrogens with two attached hydrogens (primary N) is 1. The van der Waals surface area contributed by atoms with Crippen LogP contribution >= 0.6 is 0 Å². The van der Waals surface area contributed by atoms with Gasteiger partial charge in [0.25, 0.3) is 0 Å². The molecule has 1 aromatic carbocycles. The van der Waals surface area contributed by atoms with Crippen LogP contribution in [0.4, 0.5) is 5.69 Å². The summed E-state index contributed by atoms with van der Waals surface area (Å²) in [5.41, 5.74) is 8.85. The van der Waals surface area contributed by atoms with Crippen LogP contribution in [0.2, 0.25) is 0 Å². The molecule has 0 aliphatic carbocycles. The molecule has 0 saturated heterocycles. The Bertz CT molecular complexity index is 562. The van der Waals surface area contributed by atoms with E-state index < -0.39 is 0 Å². The summed E-state index contributed by atoms with van der Waals surface area (Å²) < 4.78 is 1.87. The van der Waals surface area contributed by atoms with Gasteiger partial charge in [-0.25, -0.2) is 4.68 Å². The van der Waals surface area contributed by atoms with Crippen molar-refractivity contribution in [2.45, 2.75) is 58.9 Å². The molecule has 0 aliphatic rings. The second kappa shape index (κ2) is 7.76. The lowest BCUT2D eigenvalue weighted by molar-refractivity contribution is 0.519. The van der Waals surface area contributed by atoms with Crippen LogP contribution in [0.3, 0.4) is 0 Å². The zero-order valence-electron chi connectivity index (χ0n) is 13.0. The first-order valence-corrected chi connectivity index (χ1v) is 7.85. The lowest BCUT2D eigenvalue weighted by Crippen LogP contribution is -2.04. The molecule has 5 heteroatoms. The van der Waals surface area contributed by atoms with Crippen LogP contribution in [-0.4, -0.2) is 20.2 Å². The summed E-state index contributed by atoms with van der Waals surface area (Å²) >= 11 is 0. The van der Waals surface area contributed by atoms with Crippen molar-refractivity contribution in [3.63, 3.8) is 0 Å². The summed E-state index contributed by atoms with van der Waals surface area (Å²) in [5.74, 6) is 0.768. The van der Waals surface area contributed by atoms with E-state index in [2.05, 4.69) is 22.4 Å². The van der Waals surface area contributed by atoms with E-state index in [1.54, 1.807) is 0 Å². The fraction of sp³-hybridized carbons (Fsp3) is 0.562. The smallest absolute Gasteiger partial charge is 0.184 e. The molecule has 21 heavy (non-hydrogen) atoms. The minimum absolute atomic E-state index is 0.722. The topological polar surface area (TPSA) is 69.6 Å². The van der Waals surface area contributed by atoms with Gasteiger partial charge in [0.1, 0.15) is 0 Å². The van der Waals surface area contributed by atoms with Gasteiger partial charge in [-0.05, 0) is 35.9 Å². The molecule has 114 valence electrons. The molecule has 5 nitrogen and oxygen atoms in total. The molecule has 2 rings (SSSR count). The molecule has 0 spiro atoms. The average molecular weight is 287 g/mol. The molecule has 0 fully saturated rings. The highest BCUT2D eigenvalue weighted by atomic mass is 15.5. The molecule has 2 N–H and O–H groups in total. The molecule has 1 heterocycles. The summed E-state index contributed by atoms with van der Waals surface area (Å²) in [5, 5.41) is 12.0. The van der Waals surface area contributed by atoms with E-state index >= 15 is 0 Å². The van der Waals surface area contributed by atoms with Gasteiger partial charge in [0.15, 0.2) is 5.82 Å². The van der Waals surface area contributed by atoms with E-state index in [0.717, 1.165) is 35.6 Å². The summed E-state index contributed by atoms with van der Waals surface area (Å²) in [6.07, 6.45) is 7.55. The predicted molar refractivity (Wildman–Crippen MR) is 85.8 cm³/mol. The Morgan fingerprint density at radius 3 is 2.67 bits per heavy atom. The fourth-order valence-corrected chi connectivity index (χ4v) is 2.45. The number of aromatic nitrogens is 4. The van der Waals surface area contributed by atoms with Crippen LogP contribution in [0.25, 0.3) is 11.4 Å². The van der Waals surface area contributed by atoms with Crippen LogP contribution in [0.15, 0.2) is 18.2 Å². The van der Waals surface area contributed by atoms with Crippen molar-refractivity contribution < 1.29 is 0 Å². The Morgan fingerprint density at radius 1 is 1.10 bits per heavy atom. The third-order valence-corrected chi connectivity index (χ3v) is 3.71. The van der Waals surface area contributed by atoms with Gasteiger partial charge in [-0.2, -0.15) is 0 Å². The van der Waals surface area contributed by atoms with Crippen molar-refractivity contribution in [3.8, 4) is 11.4 Å². The highest BCUT2D eigenvalue weighted by molar-refractivity contribution is 5.71. The van der Waals surface area contributed by atoms with Crippen molar-refractivity contribution in [3.05, 3.63) is 23.8 Å². The first kappa shape index (κ1) is 15.5. The van der Waals surface area contributed by atoms with Crippen molar-refractivity contribution in [2.24, 2.45) is 0 Å². The molecular formula is C16H25N5. The maximum Gasteiger partial charge on any atom is 0.184 e. The van der Waals surface area contributed by atoms with Gasteiger partial charge in [-0.1, -0.05) is 50.7 Å². The Balaban J connectivity index is 1.97. The quantitative estimate of drug-likeness (QED) is 0.595. The van der Waals surface area contributed by atoms with Gasteiger partial charge in [0.2, 0.25) is 0 Å². The molecule has 2 aromatic rings. The van der Waals surface area contributed by atoms with Gasteiger partial charge in [0, 0.05) is 17.8 Å². The minimum atomic E-state index is 0.722. The molecule has 0 radical (unpaired) electrons. The number of unbranched alkanes of at least 4 members (excludes halogenated alkanes) is 5. The summed E-state index contributed by atoms with van der Waals surface area (Å²) in [6, 6.07) is 5.95. The minimum Gasteiger partial charge on any atom is -0.398 e. The Kier molecular flexibility index (Phi) is 5.72. The van der Waals surface area contributed by atoms with E-state index in [9.17, 15) is 0 Å². The van der Waals surface area contributed by atoms with Crippen LogP contribution in [0.5, 0.6) is 0 Å². The van der Waals surface area contributed by atoms with Crippen molar-refractivity contribution in [2.75, 3.05) is 5.73 Å². The zero-order valence-corrected chi connectivity index (χ0v) is 13.0. The lowest BCUT2D eigenvalue weighted by atomic mass is 10.1. The monoisotopic (exact) mass is 287 g/mol. The number of rotatable bonds is 8. The molecule has 0 amide bonds. The average Bonchev–Trinajstić information content (AvgIpc) is 2.93. The number of nitrogen functional groups attached to an aromatic ring is 1. The van der Waals surface area contributed by atoms with E-state index in [1.165, 1.54) is 32.1 Å². The molecule has 0 bridgehead atoms. The van der Waals surface area contributed by atoms with Crippen molar-refractivity contribution in [1.82, 2.24) is 20.2 Å². The van der Waals surface area contributed by atoms with Gasteiger partial charge >= 0.3 is 0 Å². The molecule has 0 unspecified atom stereocenters. The Morgan fingerprint density at radius 2 is 1.86 bits per heavy atom. The number of nitrogens with zero attached hydrogens (tertiary/aromatic N) is 4. The second-order valence-corrected chi connectivity index (χ2v) is 5.58. The number of hydrogen-bond acceptors (Lipinski definition) is 4. The number of aryl methyl sites for hydroxylation is 2. The van der Waals surface area contributed by atoms with Gasteiger partial charge in [0.05, 0.1) is 0 Å². The SMILES string of the molecule is CCCCCCCCn1nnnc1-c1cc(C)ccc1N. The first-order valence-electron chi connectivity index (χ1n) is 7.85. The van der Waals surface area contributed by atoms with Gasteiger partial charge in [-0.15, -0.1) is 5.10 Å². The number of anilines is 1. The van der Waals surface area contributed by atoms with Crippen molar-refractivity contribution in [1.29, 1.82) is 0 Å². The molecule has 0 atom stereocenters. The summed E-state index contributed by atoms with van der Waals surface area (Å²) in [6.45, 7) is 5.13. The standard InChI is InChI=1S/C16H25N5/c1-3-4-5-6-7-8-11-21-16(18-19-20-21)14-12-13(2)9-10-15(14)17/h9-10,12H,3-8,11,17H2,1-2H3. The summed E-state index contributed by atoms with van der Waals surface area (Å²) in [4.78, 5) is 0. The fourth-order valence-electron chi connectivity index (χ4n) is 2.45. The third-order valence-electron chi connectivity index (χ3n) is 3.71. The predicted octanol–water partition coefficient (Wildman–Crippen LogP) is 3.59. The highest BCUT2D eigenvalue weighted by Crippen LogP contribution is 2.24. The highest BCUT2D eigenvalue weighted by Gasteiger charge is 2.11. The van der Waals surface area contributed by atoms with Crippen LogP contribution in [-0.2, 0) is 6.54 Å². The molecule has 0 aliphatic heterocycles. The third kappa shape index (κ3) is 4.28. The van der Waals surface area contributed by atoms with Gasteiger partial charge < -0.3 is 5.73 Å². The maximum absolute atomic E-state index is 6.05. The van der Waals surface area contributed by atoms with Gasteiger partial charge in [-0.3, -0.25) is 0 Å². The van der Waals surface area contributed by atoms with E-state index in [4.69, 9.17) is 5.73 Å². The van der Waals surface area contributed by atoms with Crippen LogP contribution in [0.1, 0.15) is 51.0 Å². The Labute approximate surface area is 126 Å². The Hall–Kier alpha value is -1.91. The summed E-state index contributed by atoms with van der Waals surface area (Å²) in [7, 11) is 0. The largest absolute Gasteiger partial charge is 0.398 e. The molecule has 1 aromatic heterocycles. The van der Waals surface area contributed by atoms with E-state index in [-0.39, 0.29) is 0 Å². The normalized spacial score (nSPS) is 11.0. The van der Waals surface area contributed by atoms with Crippen LogP contribution in [0, 0.1) is 6.92 Å². The molecule has 0 saturated carbocycles. The van der Waals surface area contributed by atoms with E-state index in [1.807, 2.05) is 29.8 Å². The lowest BCUT2D eigenvalue weighted by Gasteiger charge is -2.08. The van der Waals surface area contributed by atoms with E-state index in [0.29, 0.717) is 0 Å². The second-order valence-electron chi connectivity index (χ2n) is 5.58. The maximum atomic E-state index is 6.05. The first-order chi connectivity index (χ1) is 10.2. The zero-order chi connectivity index (χ0) is 15.1. The van der Waals surface area contributed by atoms with Crippen LogP contribution < -0.4 is 5.73 Å². The van der Waals surface area contributed by atoms with Crippen molar-refractivity contribution >= 4 is 5.69 Å². The number of benzene rings is 1.